The summed E-state index contributed by atoms with van der Waals surface area (Å²) in [6.07, 6.45) is 4.24. The average Bonchev–Trinajstić information content (AvgIpc) is 2.82. The number of aliphatic hydroxyl groups excluding tert-OH is 1. The van der Waals surface area contributed by atoms with Gasteiger partial charge in [0.05, 0.1) is 24.9 Å². The van der Waals surface area contributed by atoms with Gasteiger partial charge in [0, 0.05) is 19.3 Å². The molecule has 0 radical (unpaired) electrons. The second kappa shape index (κ2) is 6.22. The summed E-state index contributed by atoms with van der Waals surface area (Å²) in [5.74, 6) is 0.832. The normalized spacial score (nSPS) is 10.9. The van der Waals surface area contributed by atoms with Crippen LogP contribution in [-0.2, 0) is 4.74 Å². The van der Waals surface area contributed by atoms with E-state index >= 15 is 0 Å². The van der Waals surface area contributed by atoms with Crippen molar-refractivity contribution in [2.75, 3.05) is 31.7 Å². The number of furan rings is 1. The van der Waals surface area contributed by atoms with Crippen LogP contribution in [0.3, 0.4) is 0 Å². The molecule has 5 heteroatoms. The van der Waals surface area contributed by atoms with Crippen LogP contribution in [0.25, 0.3) is 11.0 Å². The first-order chi connectivity index (χ1) is 8.42. The molecule has 2 aromatic rings. The van der Waals surface area contributed by atoms with Crippen molar-refractivity contribution >= 4 is 16.8 Å². The van der Waals surface area contributed by atoms with E-state index in [2.05, 4.69) is 10.3 Å². The van der Waals surface area contributed by atoms with E-state index in [1.54, 1.807) is 12.5 Å². The van der Waals surface area contributed by atoms with Crippen LogP contribution in [0.5, 0.6) is 0 Å². The van der Waals surface area contributed by atoms with Gasteiger partial charge in [-0.25, -0.2) is 4.98 Å². The second-order valence-electron chi connectivity index (χ2n) is 3.61. The lowest BCUT2D eigenvalue weighted by Gasteiger charge is -2.06. The molecular weight excluding hydrogens is 220 g/mol. The smallest absolute Gasteiger partial charge is 0.139 e. The molecule has 2 rings (SSSR count). The Labute approximate surface area is 99.4 Å². The lowest BCUT2D eigenvalue weighted by Crippen LogP contribution is -2.08. The van der Waals surface area contributed by atoms with Crippen LogP contribution in [0.15, 0.2) is 29.0 Å². The van der Waals surface area contributed by atoms with Crippen molar-refractivity contribution in [2.45, 2.75) is 6.42 Å². The maximum Gasteiger partial charge on any atom is 0.139 e. The Morgan fingerprint density at radius 2 is 2.29 bits per heavy atom. The number of aromatic nitrogens is 1. The van der Waals surface area contributed by atoms with Gasteiger partial charge < -0.3 is 19.6 Å². The molecule has 0 fully saturated rings. The SMILES string of the molecule is OCCOCCCNc1nccc2occc12. The molecule has 0 saturated carbocycles. The fraction of sp³-hybridized carbons (Fsp3) is 0.417. The summed E-state index contributed by atoms with van der Waals surface area (Å²) >= 11 is 0. The molecule has 5 nitrogen and oxygen atoms in total. The van der Waals surface area contributed by atoms with Gasteiger partial charge in [0.15, 0.2) is 0 Å². The summed E-state index contributed by atoms with van der Waals surface area (Å²) in [6, 6.07) is 3.73. The molecule has 0 saturated heterocycles. The van der Waals surface area contributed by atoms with Gasteiger partial charge in [-0.15, -0.1) is 0 Å². The first kappa shape index (κ1) is 11.9. The van der Waals surface area contributed by atoms with Crippen LogP contribution < -0.4 is 5.32 Å². The van der Waals surface area contributed by atoms with Gasteiger partial charge >= 0.3 is 0 Å². The summed E-state index contributed by atoms with van der Waals surface area (Å²) in [5, 5.41) is 12.8. The zero-order chi connectivity index (χ0) is 11.9. The van der Waals surface area contributed by atoms with Crippen molar-refractivity contribution in [1.82, 2.24) is 4.98 Å². The van der Waals surface area contributed by atoms with Crippen LogP contribution in [-0.4, -0.2) is 36.5 Å². The van der Waals surface area contributed by atoms with Gasteiger partial charge in [-0.05, 0) is 18.6 Å². The largest absolute Gasteiger partial charge is 0.464 e. The number of hydrogen-bond acceptors (Lipinski definition) is 5. The van der Waals surface area contributed by atoms with Crippen molar-refractivity contribution in [3.63, 3.8) is 0 Å². The van der Waals surface area contributed by atoms with Gasteiger partial charge in [-0.1, -0.05) is 0 Å². The van der Waals surface area contributed by atoms with Crippen molar-refractivity contribution in [3.8, 4) is 0 Å². The van der Waals surface area contributed by atoms with Crippen molar-refractivity contribution in [1.29, 1.82) is 0 Å². The maximum absolute atomic E-state index is 8.53. The van der Waals surface area contributed by atoms with Crippen LogP contribution in [0.4, 0.5) is 5.82 Å². The van der Waals surface area contributed by atoms with Crippen molar-refractivity contribution in [2.24, 2.45) is 0 Å². The van der Waals surface area contributed by atoms with Crippen molar-refractivity contribution in [3.05, 3.63) is 24.6 Å². The Kier molecular flexibility index (Phi) is 4.35. The van der Waals surface area contributed by atoms with Gasteiger partial charge in [0.2, 0.25) is 0 Å². The standard InChI is InChI=1S/C12H16N2O3/c15-6-9-16-7-1-4-13-12-10-3-8-17-11(10)2-5-14-12/h2-3,5,8,15H,1,4,6-7,9H2,(H,13,14). The minimum absolute atomic E-state index is 0.0727. The third kappa shape index (κ3) is 3.18. The predicted octanol–water partition coefficient (Wildman–Crippen LogP) is 1.64. The molecule has 0 atom stereocenters. The highest BCUT2D eigenvalue weighted by atomic mass is 16.5. The highest BCUT2D eigenvalue weighted by Crippen LogP contribution is 2.21. The van der Waals surface area contributed by atoms with E-state index < -0.39 is 0 Å². The first-order valence-electron chi connectivity index (χ1n) is 5.66. The fourth-order valence-electron chi connectivity index (χ4n) is 1.58. The van der Waals surface area contributed by atoms with E-state index in [0.29, 0.717) is 13.2 Å². The summed E-state index contributed by atoms with van der Waals surface area (Å²) in [4.78, 5) is 4.26. The van der Waals surface area contributed by atoms with E-state index in [4.69, 9.17) is 14.3 Å². The van der Waals surface area contributed by atoms with E-state index in [1.165, 1.54) is 0 Å². The van der Waals surface area contributed by atoms with E-state index in [1.807, 2.05) is 12.1 Å². The number of ether oxygens (including phenoxy) is 1. The van der Waals surface area contributed by atoms with E-state index in [-0.39, 0.29) is 6.61 Å². The first-order valence-corrected chi connectivity index (χ1v) is 5.66. The zero-order valence-electron chi connectivity index (χ0n) is 9.56. The molecule has 0 amide bonds. The highest BCUT2D eigenvalue weighted by molar-refractivity contribution is 5.87. The van der Waals surface area contributed by atoms with Gasteiger partial charge in [0.1, 0.15) is 11.4 Å². The summed E-state index contributed by atoms with van der Waals surface area (Å²) in [7, 11) is 0. The van der Waals surface area contributed by atoms with Crippen LogP contribution in [0.2, 0.25) is 0 Å². The molecule has 0 aromatic carbocycles. The Morgan fingerprint density at radius 1 is 1.35 bits per heavy atom. The topological polar surface area (TPSA) is 67.5 Å². The monoisotopic (exact) mass is 236 g/mol. The average molecular weight is 236 g/mol. The molecule has 0 unspecified atom stereocenters. The summed E-state index contributed by atoms with van der Waals surface area (Å²) < 4.78 is 10.4. The molecule has 2 heterocycles. The zero-order valence-corrected chi connectivity index (χ0v) is 9.56. The summed E-state index contributed by atoms with van der Waals surface area (Å²) in [5.41, 5.74) is 0.832. The lowest BCUT2D eigenvalue weighted by atomic mass is 10.3. The predicted molar refractivity (Wildman–Crippen MR) is 65.0 cm³/mol. The molecule has 0 aliphatic carbocycles. The summed E-state index contributed by atoms with van der Waals surface area (Å²) in [6.45, 7) is 1.89. The fourth-order valence-corrected chi connectivity index (χ4v) is 1.58. The molecule has 0 spiro atoms. The molecule has 2 N–H and O–H groups in total. The Hall–Kier alpha value is -1.59. The Bertz CT molecular complexity index is 456. The number of fused-ring (bicyclic) bond motifs is 1. The minimum atomic E-state index is 0.0727. The minimum Gasteiger partial charge on any atom is -0.464 e. The van der Waals surface area contributed by atoms with Crippen LogP contribution >= 0.6 is 0 Å². The van der Waals surface area contributed by atoms with Crippen LogP contribution in [0, 0.1) is 0 Å². The highest BCUT2D eigenvalue weighted by Gasteiger charge is 2.03. The third-order valence-electron chi connectivity index (χ3n) is 2.37. The molecule has 0 aliphatic heterocycles. The van der Waals surface area contributed by atoms with Gasteiger partial charge in [-0.2, -0.15) is 0 Å². The number of aliphatic hydroxyl groups is 1. The van der Waals surface area contributed by atoms with Crippen LogP contribution in [0.1, 0.15) is 6.42 Å². The lowest BCUT2D eigenvalue weighted by molar-refractivity contribution is 0.0922. The molecule has 17 heavy (non-hydrogen) atoms. The van der Waals surface area contributed by atoms with Gasteiger partial charge in [-0.3, -0.25) is 0 Å². The molecule has 0 bridgehead atoms. The second-order valence-corrected chi connectivity index (χ2v) is 3.61. The number of anilines is 1. The number of nitrogens with zero attached hydrogens (tertiary/aromatic N) is 1. The molecular formula is C12H16N2O3. The van der Waals surface area contributed by atoms with E-state index in [0.717, 1.165) is 29.8 Å². The molecule has 92 valence electrons. The quantitative estimate of drug-likeness (QED) is 0.715. The maximum atomic E-state index is 8.53. The molecule has 0 aliphatic rings. The Morgan fingerprint density at radius 3 is 3.18 bits per heavy atom. The number of rotatable bonds is 7. The number of nitrogens with one attached hydrogen (secondary N) is 1. The Balaban J connectivity index is 1.80. The number of pyridine rings is 1. The van der Waals surface area contributed by atoms with E-state index in [9.17, 15) is 0 Å². The third-order valence-corrected chi connectivity index (χ3v) is 2.37. The molecule has 2 aromatic heterocycles. The number of hydrogen-bond donors (Lipinski definition) is 2. The van der Waals surface area contributed by atoms with Gasteiger partial charge in [0.25, 0.3) is 0 Å². The van der Waals surface area contributed by atoms with Crippen molar-refractivity contribution < 1.29 is 14.3 Å².